The van der Waals surface area contributed by atoms with E-state index in [2.05, 4.69) is 15.5 Å². The molecule has 0 bridgehead atoms. The smallest absolute Gasteiger partial charge is 0.151 e. The zero-order valence-electron chi connectivity index (χ0n) is 8.30. The Morgan fingerprint density at radius 3 is 2.88 bits per heavy atom. The van der Waals surface area contributed by atoms with Crippen molar-refractivity contribution in [1.82, 2.24) is 10.2 Å². The highest BCUT2D eigenvalue weighted by atomic mass is 19.1. The second-order valence-corrected chi connectivity index (χ2v) is 3.31. The minimum atomic E-state index is -0.769. The average Bonchev–Trinajstić information content (AvgIpc) is 2.74. The van der Waals surface area contributed by atoms with E-state index in [-0.39, 0.29) is 11.4 Å². The summed E-state index contributed by atoms with van der Waals surface area (Å²) < 4.78 is 26.0. The Bertz CT molecular complexity index is 482. The molecule has 0 fully saturated rings. The fourth-order valence-corrected chi connectivity index (χ4v) is 1.30. The summed E-state index contributed by atoms with van der Waals surface area (Å²) in [5.74, 6) is -1.43. The van der Waals surface area contributed by atoms with Crippen LogP contribution in [0.3, 0.4) is 0 Å². The summed E-state index contributed by atoms with van der Waals surface area (Å²) in [5, 5.41) is 9.21. The highest BCUT2D eigenvalue weighted by Gasteiger charge is 2.07. The van der Waals surface area contributed by atoms with Gasteiger partial charge in [-0.15, -0.1) is 0 Å². The number of benzene rings is 1. The van der Waals surface area contributed by atoms with Crippen LogP contribution in [-0.2, 0) is 6.54 Å². The molecule has 4 nitrogen and oxygen atoms in total. The summed E-state index contributed by atoms with van der Waals surface area (Å²) >= 11 is 0. The lowest BCUT2D eigenvalue weighted by molar-refractivity contribution is 0.587. The van der Waals surface area contributed by atoms with Crippen LogP contribution in [0.25, 0.3) is 0 Å². The SMILES string of the molecule is Nc1c(F)cc(F)cc1NCc1cn[nH]c1. The standard InChI is InChI=1S/C10H10F2N4/c11-7-1-8(12)10(13)9(2-7)14-3-6-4-15-16-5-6/h1-2,4-5,14H,3,13H2,(H,15,16). The van der Waals surface area contributed by atoms with E-state index in [9.17, 15) is 8.78 Å². The topological polar surface area (TPSA) is 66.7 Å². The molecule has 0 spiro atoms. The Balaban J connectivity index is 2.15. The van der Waals surface area contributed by atoms with E-state index in [1.165, 1.54) is 0 Å². The van der Waals surface area contributed by atoms with Crippen LogP contribution in [0.2, 0.25) is 0 Å². The molecule has 0 aliphatic heterocycles. The first-order valence-electron chi connectivity index (χ1n) is 4.63. The third-order valence-corrected chi connectivity index (χ3v) is 2.13. The van der Waals surface area contributed by atoms with E-state index in [4.69, 9.17) is 5.73 Å². The summed E-state index contributed by atoms with van der Waals surface area (Å²) in [4.78, 5) is 0. The van der Waals surface area contributed by atoms with E-state index >= 15 is 0 Å². The number of aromatic amines is 1. The number of nitrogens with one attached hydrogen (secondary N) is 2. The second-order valence-electron chi connectivity index (χ2n) is 3.31. The maximum absolute atomic E-state index is 13.1. The molecule has 0 saturated carbocycles. The number of anilines is 2. The molecule has 1 aromatic carbocycles. The van der Waals surface area contributed by atoms with Gasteiger partial charge in [0.05, 0.1) is 17.6 Å². The normalized spacial score (nSPS) is 10.4. The van der Waals surface area contributed by atoms with E-state index in [1.807, 2.05) is 0 Å². The number of hydrogen-bond donors (Lipinski definition) is 3. The molecule has 2 rings (SSSR count). The predicted molar refractivity (Wildman–Crippen MR) is 56.7 cm³/mol. The molecule has 0 radical (unpaired) electrons. The number of nitrogens with two attached hydrogens (primary N) is 1. The first-order valence-corrected chi connectivity index (χ1v) is 4.63. The van der Waals surface area contributed by atoms with E-state index in [0.29, 0.717) is 6.54 Å². The highest BCUT2D eigenvalue weighted by molar-refractivity contribution is 5.66. The largest absolute Gasteiger partial charge is 0.395 e. The van der Waals surface area contributed by atoms with Crippen molar-refractivity contribution in [1.29, 1.82) is 0 Å². The third-order valence-electron chi connectivity index (χ3n) is 2.13. The quantitative estimate of drug-likeness (QED) is 0.697. The van der Waals surface area contributed by atoms with Gasteiger partial charge in [-0.05, 0) is 6.07 Å². The third kappa shape index (κ3) is 2.10. The Morgan fingerprint density at radius 2 is 2.19 bits per heavy atom. The molecule has 0 amide bonds. The Hall–Kier alpha value is -2.11. The van der Waals surface area contributed by atoms with Gasteiger partial charge in [-0.3, -0.25) is 5.10 Å². The van der Waals surface area contributed by atoms with Crippen molar-refractivity contribution in [3.8, 4) is 0 Å². The summed E-state index contributed by atoms with van der Waals surface area (Å²) in [6, 6.07) is 1.90. The minimum absolute atomic E-state index is 0.0927. The number of H-pyrrole nitrogens is 1. The van der Waals surface area contributed by atoms with Gasteiger partial charge in [0, 0.05) is 24.4 Å². The van der Waals surface area contributed by atoms with Gasteiger partial charge in [-0.1, -0.05) is 0 Å². The van der Waals surface area contributed by atoms with Crippen molar-refractivity contribution in [2.45, 2.75) is 6.54 Å². The van der Waals surface area contributed by atoms with Crippen molar-refractivity contribution < 1.29 is 8.78 Å². The van der Waals surface area contributed by atoms with Gasteiger partial charge in [-0.2, -0.15) is 5.10 Å². The minimum Gasteiger partial charge on any atom is -0.395 e. The van der Waals surface area contributed by atoms with Crippen molar-refractivity contribution in [3.05, 3.63) is 41.7 Å². The van der Waals surface area contributed by atoms with Crippen molar-refractivity contribution in [2.75, 3.05) is 11.1 Å². The summed E-state index contributed by atoms with van der Waals surface area (Å²) in [5.41, 5.74) is 6.47. The van der Waals surface area contributed by atoms with E-state index in [1.54, 1.807) is 12.4 Å². The molecule has 0 atom stereocenters. The van der Waals surface area contributed by atoms with Gasteiger partial charge in [0.25, 0.3) is 0 Å². The lowest BCUT2D eigenvalue weighted by Crippen LogP contribution is -2.04. The van der Waals surface area contributed by atoms with Crippen molar-refractivity contribution in [3.63, 3.8) is 0 Å². The molecular weight excluding hydrogens is 214 g/mol. The number of nitrogens with zero attached hydrogens (tertiary/aromatic N) is 1. The molecule has 84 valence electrons. The van der Waals surface area contributed by atoms with Crippen LogP contribution in [0.4, 0.5) is 20.2 Å². The molecule has 16 heavy (non-hydrogen) atoms. The fraction of sp³-hybridized carbons (Fsp3) is 0.100. The molecule has 1 heterocycles. The van der Waals surface area contributed by atoms with Crippen LogP contribution < -0.4 is 11.1 Å². The predicted octanol–water partition coefficient (Wildman–Crippen LogP) is 1.88. The fourth-order valence-electron chi connectivity index (χ4n) is 1.30. The number of rotatable bonds is 3. The van der Waals surface area contributed by atoms with E-state index in [0.717, 1.165) is 17.7 Å². The van der Waals surface area contributed by atoms with Gasteiger partial charge in [0.2, 0.25) is 0 Å². The van der Waals surface area contributed by atoms with Crippen LogP contribution in [0.15, 0.2) is 24.5 Å². The van der Waals surface area contributed by atoms with Gasteiger partial charge in [-0.25, -0.2) is 8.78 Å². The van der Waals surface area contributed by atoms with Crippen LogP contribution in [0, 0.1) is 11.6 Å². The molecule has 6 heteroatoms. The molecule has 0 aliphatic rings. The van der Waals surface area contributed by atoms with Crippen LogP contribution in [0.5, 0.6) is 0 Å². The molecule has 0 saturated heterocycles. The highest BCUT2D eigenvalue weighted by Crippen LogP contribution is 2.23. The van der Waals surface area contributed by atoms with Gasteiger partial charge in [0.15, 0.2) is 5.82 Å². The molecule has 1 aromatic heterocycles. The zero-order valence-corrected chi connectivity index (χ0v) is 8.30. The molecule has 2 aromatic rings. The van der Waals surface area contributed by atoms with Gasteiger partial charge < -0.3 is 11.1 Å². The monoisotopic (exact) mass is 224 g/mol. The Labute approximate surface area is 90.5 Å². The van der Waals surface area contributed by atoms with Crippen molar-refractivity contribution >= 4 is 11.4 Å². The number of halogens is 2. The lowest BCUT2D eigenvalue weighted by Gasteiger charge is -2.08. The Kier molecular flexibility index (Phi) is 2.72. The summed E-state index contributed by atoms with van der Waals surface area (Å²) in [6.07, 6.45) is 3.29. The maximum atomic E-state index is 13.1. The van der Waals surface area contributed by atoms with E-state index < -0.39 is 11.6 Å². The van der Waals surface area contributed by atoms with Crippen LogP contribution in [-0.4, -0.2) is 10.2 Å². The van der Waals surface area contributed by atoms with Gasteiger partial charge >= 0.3 is 0 Å². The zero-order chi connectivity index (χ0) is 11.5. The first-order chi connectivity index (χ1) is 7.66. The van der Waals surface area contributed by atoms with Gasteiger partial charge in [0.1, 0.15) is 5.82 Å². The Morgan fingerprint density at radius 1 is 1.38 bits per heavy atom. The molecular formula is C10H10F2N4. The average molecular weight is 224 g/mol. The number of aromatic nitrogens is 2. The number of nitrogen functional groups attached to an aromatic ring is 1. The summed E-state index contributed by atoms with van der Waals surface area (Å²) in [7, 11) is 0. The van der Waals surface area contributed by atoms with Crippen LogP contribution >= 0.6 is 0 Å². The molecule has 0 aliphatic carbocycles. The molecule has 0 unspecified atom stereocenters. The maximum Gasteiger partial charge on any atom is 0.151 e. The first kappa shape index (κ1) is 10.4. The van der Waals surface area contributed by atoms with Crippen LogP contribution in [0.1, 0.15) is 5.56 Å². The molecule has 4 N–H and O–H groups in total. The summed E-state index contributed by atoms with van der Waals surface area (Å²) in [6.45, 7) is 0.392. The van der Waals surface area contributed by atoms with Crippen molar-refractivity contribution in [2.24, 2.45) is 0 Å². The second kappa shape index (κ2) is 4.18. The number of hydrogen-bond acceptors (Lipinski definition) is 3. The lowest BCUT2D eigenvalue weighted by atomic mass is 10.2.